The normalized spacial score (nSPS) is 15.7. The van der Waals surface area contributed by atoms with E-state index in [4.69, 9.17) is 5.73 Å². The fraction of sp³-hybridized carbons (Fsp3) is 0.500. The van der Waals surface area contributed by atoms with Crippen molar-refractivity contribution in [2.45, 2.75) is 12.2 Å². The summed E-state index contributed by atoms with van der Waals surface area (Å²) in [5, 5.41) is 0. The van der Waals surface area contributed by atoms with Crippen molar-refractivity contribution in [2.24, 2.45) is 5.73 Å². The topological polar surface area (TPSA) is 26.0 Å². The Morgan fingerprint density at radius 3 is 2.50 bits per heavy atom. The Bertz CT molecular complexity index is 44.8. The smallest absolute Gasteiger partial charge is 0.0420 e. The number of hydrogen-bond donors (Lipinski definition) is 1. The highest BCUT2D eigenvalue weighted by atomic mass is 28.2. The summed E-state index contributed by atoms with van der Waals surface area (Å²) < 4.78 is 0. The Kier molecular flexibility index (Phi) is 3.08. The summed E-state index contributed by atoms with van der Waals surface area (Å²) in [6.45, 7) is 5.71. The predicted molar refractivity (Wildman–Crippen MR) is 32.6 cm³/mol. The maximum Gasteiger partial charge on any atom is 0.0420 e. The Hall–Kier alpha value is -0.0831. The van der Waals surface area contributed by atoms with Crippen LogP contribution in [0.15, 0.2) is 12.7 Å². The highest BCUT2D eigenvalue weighted by Gasteiger charge is 1.85. The zero-order chi connectivity index (χ0) is 4.99. The van der Waals surface area contributed by atoms with Gasteiger partial charge in [-0.15, -0.1) is 6.58 Å². The molecule has 0 aliphatic carbocycles. The van der Waals surface area contributed by atoms with Gasteiger partial charge in [0, 0.05) is 15.2 Å². The molecule has 0 aliphatic heterocycles. The largest absolute Gasteiger partial charge is 0.328 e. The van der Waals surface area contributed by atoms with Gasteiger partial charge in [-0.05, 0) is 0 Å². The summed E-state index contributed by atoms with van der Waals surface area (Å²) >= 11 is 0. The van der Waals surface area contributed by atoms with Gasteiger partial charge in [-0.2, -0.15) is 0 Å². The number of nitrogens with two attached hydrogens (primary N) is 1. The highest BCUT2D eigenvalue weighted by molar-refractivity contribution is 6.36. The van der Waals surface area contributed by atoms with Crippen LogP contribution >= 0.6 is 0 Å². The Morgan fingerprint density at radius 2 is 2.50 bits per heavy atom. The van der Waals surface area contributed by atoms with Crippen molar-refractivity contribution < 1.29 is 0 Å². The van der Waals surface area contributed by atoms with Crippen LogP contribution in [0, 0.1) is 0 Å². The third kappa shape index (κ3) is 2.17. The molecule has 2 heteroatoms. The first-order chi connectivity index (χ1) is 2.81. The van der Waals surface area contributed by atoms with E-state index in [1.54, 1.807) is 0 Å². The van der Waals surface area contributed by atoms with E-state index >= 15 is 0 Å². The van der Waals surface area contributed by atoms with Crippen LogP contribution < -0.4 is 5.73 Å². The fourth-order valence-electron chi connectivity index (χ4n) is 0.167. The summed E-state index contributed by atoms with van der Waals surface area (Å²) in [7, 11) is -0.00193. The quantitative estimate of drug-likeness (QED) is 0.374. The van der Waals surface area contributed by atoms with E-state index in [-0.39, 0.29) is 9.52 Å². The summed E-state index contributed by atoms with van der Waals surface area (Å²) in [4.78, 5) is 0. The van der Waals surface area contributed by atoms with Gasteiger partial charge in [-0.1, -0.05) is 12.6 Å². The Morgan fingerprint density at radius 1 is 2.00 bits per heavy atom. The highest BCUT2D eigenvalue weighted by Crippen LogP contribution is 1.70. The van der Waals surface area contributed by atoms with Crippen LogP contribution in [0.5, 0.6) is 0 Å². The first-order valence-corrected chi connectivity index (χ1v) is 4.42. The average molecular weight is 101 g/mol. The summed E-state index contributed by atoms with van der Waals surface area (Å²) in [5.74, 6) is 0. The maximum atomic E-state index is 5.42. The van der Waals surface area contributed by atoms with E-state index in [1.165, 1.54) is 0 Å². The lowest BCUT2D eigenvalue weighted by Gasteiger charge is -1.94. The lowest BCUT2D eigenvalue weighted by molar-refractivity contribution is 1.13. The molecule has 0 fully saturated rings. The molecule has 0 spiro atoms. The van der Waals surface area contributed by atoms with Gasteiger partial charge in [-0.3, -0.25) is 0 Å². The second-order valence-electron chi connectivity index (χ2n) is 1.31. The van der Waals surface area contributed by atoms with Gasteiger partial charge in [0.05, 0.1) is 0 Å². The van der Waals surface area contributed by atoms with Gasteiger partial charge in [0.15, 0.2) is 0 Å². The Balaban J connectivity index is 2.96. The van der Waals surface area contributed by atoms with E-state index < -0.39 is 0 Å². The average Bonchev–Trinajstić information content (AvgIpc) is 1.65. The molecule has 0 rings (SSSR count). The molecule has 36 valence electrons. The predicted octanol–water partition coefficient (Wildman–Crippen LogP) is -0.326. The standard InChI is InChI=1S/C4H11NSi/c1-3-4(5)6-2/h3-4H,1,5-6H2,2H3. The first-order valence-electron chi connectivity index (χ1n) is 2.19. The van der Waals surface area contributed by atoms with Crippen molar-refractivity contribution in [2.75, 3.05) is 0 Å². The third-order valence-electron chi connectivity index (χ3n) is 0.774. The Labute approximate surface area is 41.1 Å². The van der Waals surface area contributed by atoms with E-state index in [1.807, 2.05) is 6.08 Å². The molecule has 1 nitrogen and oxygen atoms in total. The minimum Gasteiger partial charge on any atom is -0.328 e. The molecule has 2 N–H and O–H groups in total. The van der Waals surface area contributed by atoms with Crippen LogP contribution in [-0.2, 0) is 0 Å². The molecule has 0 radical (unpaired) electrons. The van der Waals surface area contributed by atoms with Crippen LogP contribution in [0.3, 0.4) is 0 Å². The van der Waals surface area contributed by atoms with Gasteiger partial charge in [0.25, 0.3) is 0 Å². The second-order valence-corrected chi connectivity index (χ2v) is 3.07. The molecule has 0 aromatic rings. The van der Waals surface area contributed by atoms with E-state index in [0.29, 0.717) is 5.67 Å². The van der Waals surface area contributed by atoms with Gasteiger partial charge < -0.3 is 5.73 Å². The zero-order valence-electron chi connectivity index (χ0n) is 4.15. The van der Waals surface area contributed by atoms with Gasteiger partial charge >= 0.3 is 0 Å². The van der Waals surface area contributed by atoms with Gasteiger partial charge in [-0.25, -0.2) is 0 Å². The lowest BCUT2D eigenvalue weighted by Crippen LogP contribution is -2.21. The maximum absolute atomic E-state index is 5.42. The van der Waals surface area contributed by atoms with Crippen LogP contribution in [0.1, 0.15) is 0 Å². The van der Waals surface area contributed by atoms with Crippen LogP contribution in [0.4, 0.5) is 0 Å². The lowest BCUT2D eigenvalue weighted by atomic mass is 10.6. The molecule has 0 bridgehead atoms. The molecule has 0 heterocycles. The minimum absolute atomic E-state index is 0.00193. The molecule has 0 aromatic carbocycles. The van der Waals surface area contributed by atoms with Crippen LogP contribution in [0.25, 0.3) is 0 Å². The minimum atomic E-state index is -0.00193. The number of rotatable bonds is 2. The molecule has 1 unspecified atom stereocenters. The van der Waals surface area contributed by atoms with Crippen molar-refractivity contribution in [3.8, 4) is 0 Å². The van der Waals surface area contributed by atoms with Gasteiger partial charge in [0.1, 0.15) is 0 Å². The molecular weight excluding hydrogens is 90.1 g/mol. The third-order valence-corrected chi connectivity index (χ3v) is 2.05. The van der Waals surface area contributed by atoms with Crippen molar-refractivity contribution in [3.05, 3.63) is 12.7 Å². The van der Waals surface area contributed by atoms with Gasteiger partial charge in [0.2, 0.25) is 0 Å². The molecule has 0 aromatic heterocycles. The molecule has 0 saturated carbocycles. The molecular formula is C4H11NSi. The van der Waals surface area contributed by atoms with Crippen molar-refractivity contribution in [1.82, 2.24) is 0 Å². The van der Waals surface area contributed by atoms with E-state index in [2.05, 4.69) is 13.1 Å². The second kappa shape index (κ2) is 3.12. The summed E-state index contributed by atoms with van der Waals surface area (Å²) in [6, 6.07) is 0. The molecule has 0 saturated heterocycles. The monoisotopic (exact) mass is 101 g/mol. The molecule has 0 amide bonds. The molecule has 1 atom stereocenters. The van der Waals surface area contributed by atoms with Crippen molar-refractivity contribution in [1.29, 1.82) is 0 Å². The molecule has 6 heavy (non-hydrogen) atoms. The summed E-state index contributed by atoms with van der Waals surface area (Å²) in [5.41, 5.74) is 5.75. The first kappa shape index (κ1) is 5.92. The van der Waals surface area contributed by atoms with Crippen LogP contribution in [0.2, 0.25) is 6.55 Å². The van der Waals surface area contributed by atoms with Crippen molar-refractivity contribution in [3.63, 3.8) is 0 Å². The fourth-order valence-corrected chi connectivity index (χ4v) is 0.500. The number of hydrogen-bond acceptors (Lipinski definition) is 1. The zero-order valence-corrected chi connectivity index (χ0v) is 5.56. The van der Waals surface area contributed by atoms with E-state index in [0.717, 1.165) is 0 Å². The van der Waals surface area contributed by atoms with Crippen LogP contribution in [-0.4, -0.2) is 15.2 Å². The van der Waals surface area contributed by atoms with E-state index in [9.17, 15) is 0 Å². The van der Waals surface area contributed by atoms with Crippen molar-refractivity contribution >= 4 is 9.52 Å². The SMILES string of the molecule is C=CC(N)[SiH2]C. The summed E-state index contributed by atoms with van der Waals surface area (Å²) in [6.07, 6.45) is 1.81. The molecule has 0 aliphatic rings.